The van der Waals surface area contributed by atoms with Gasteiger partial charge in [0.25, 0.3) is 19.1 Å². The summed E-state index contributed by atoms with van der Waals surface area (Å²) in [5, 5.41) is 0.277. The van der Waals surface area contributed by atoms with E-state index in [0.29, 0.717) is 5.69 Å². The zero-order chi connectivity index (χ0) is 16.8. The Morgan fingerprint density at radius 3 is 2.17 bits per heavy atom. The molecule has 0 atom stereocenters. The van der Waals surface area contributed by atoms with Crippen LogP contribution in [0.1, 0.15) is 5.69 Å². The highest BCUT2D eigenvalue weighted by Crippen LogP contribution is 2.31. The average molecular weight is 370 g/mol. The molecule has 0 radical (unpaired) electrons. The summed E-state index contributed by atoms with van der Waals surface area (Å²) < 4.78 is 50.3. The Bertz CT molecular complexity index is 1100. The van der Waals surface area contributed by atoms with Crippen molar-refractivity contribution in [2.75, 3.05) is 0 Å². The standard InChI is InChI=1S/C15H12ClNO4S2/c1-11-10-13-14(8-5-9-15(13)22(16,18)19)17(11)23(20,21)12-6-3-2-4-7-12/h2-10H,1H3. The molecule has 8 heteroatoms. The Labute approximate surface area is 138 Å². The van der Waals surface area contributed by atoms with Crippen molar-refractivity contribution >= 4 is 40.7 Å². The van der Waals surface area contributed by atoms with Crippen LogP contribution in [0.3, 0.4) is 0 Å². The summed E-state index contributed by atoms with van der Waals surface area (Å²) in [6.45, 7) is 1.60. The molecule has 0 aliphatic heterocycles. The Kier molecular flexibility index (Phi) is 3.74. The molecule has 0 bridgehead atoms. The van der Waals surface area contributed by atoms with Crippen LogP contribution in [-0.2, 0) is 19.1 Å². The van der Waals surface area contributed by atoms with Crippen molar-refractivity contribution in [2.24, 2.45) is 0 Å². The van der Waals surface area contributed by atoms with E-state index in [1.54, 1.807) is 31.2 Å². The van der Waals surface area contributed by atoms with Crippen LogP contribution in [0, 0.1) is 6.92 Å². The summed E-state index contributed by atoms with van der Waals surface area (Å²) in [7, 11) is -2.37. The van der Waals surface area contributed by atoms with E-state index in [0.717, 1.165) is 3.97 Å². The first-order valence-electron chi connectivity index (χ1n) is 6.59. The minimum atomic E-state index is -3.98. The number of halogens is 1. The number of nitrogens with zero attached hydrogens (tertiary/aromatic N) is 1. The molecule has 0 fully saturated rings. The highest BCUT2D eigenvalue weighted by Gasteiger charge is 2.24. The van der Waals surface area contributed by atoms with E-state index in [-0.39, 0.29) is 20.7 Å². The van der Waals surface area contributed by atoms with E-state index in [2.05, 4.69) is 0 Å². The number of benzene rings is 2. The van der Waals surface area contributed by atoms with Crippen molar-refractivity contribution in [1.82, 2.24) is 3.97 Å². The van der Waals surface area contributed by atoms with Crippen LogP contribution < -0.4 is 0 Å². The second kappa shape index (κ2) is 5.36. The predicted molar refractivity (Wildman–Crippen MR) is 88.7 cm³/mol. The van der Waals surface area contributed by atoms with E-state index < -0.39 is 19.1 Å². The molecular weight excluding hydrogens is 358 g/mol. The summed E-state index contributed by atoms with van der Waals surface area (Å²) in [5.74, 6) is 0. The Balaban J connectivity index is 2.39. The number of hydrogen-bond donors (Lipinski definition) is 0. The summed E-state index contributed by atoms with van der Waals surface area (Å²) in [5.41, 5.74) is 0.671. The third-order valence-electron chi connectivity index (χ3n) is 3.48. The molecule has 3 rings (SSSR count). The van der Waals surface area contributed by atoms with Crippen LogP contribution in [0.15, 0.2) is 64.4 Å². The van der Waals surface area contributed by atoms with Crippen LogP contribution in [-0.4, -0.2) is 20.8 Å². The van der Waals surface area contributed by atoms with Crippen molar-refractivity contribution in [3.05, 3.63) is 60.3 Å². The minimum absolute atomic E-state index is 0.109. The molecule has 0 unspecified atom stereocenters. The smallest absolute Gasteiger partial charge is 0.238 e. The first-order chi connectivity index (χ1) is 10.7. The third kappa shape index (κ3) is 2.65. The zero-order valence-electron chi connectivity index (χ0n) is 12.0. The first kappa shape index (κ1) is 16.0. The second-order valence-corrected chi connectivity index (χ2v) is 9.32. The molecular formula is C15H12ClNO4S2. The van der Waals surface area contributed by atoms with Crippen molar-refractivity contribution in [2.45, 2.75) is 16.7 Å². The van der Waals surface area contributed by atoms with Gasteiger partial charge in [0.2, 0.25) is 0 Å². The molecule has 23 heavy (non-hydrogen) atoms. The maximum absolute atomic E-state index is 12.9. The predicted octanol–water partition coefficient (Wildman–Crippen LogP) is 3.11. The van der Waals surface area contributed by atoms with Gasteiger partial charge in [-0.05, 0) is 37.3 Å². The van der Waals surface area contributed by atoms with E-state index in [1.165, 1.54) is 30.3 Å². The molecule has 1 aromatic heterocycles. The maximum atomic E-state index is 12.9. The van der Waals surface area contributed by atoms with Crippen molar-refractivity contribution in [3.63, 3.8) is 0 Å². The summed E-state index contributed by atoms with van der Waals surface area (Å²) in [6, 6.07) is 13.8. The lowest BCUT2D eigenvalue weighted by atomic mass is 10.2. The molecule has 2 aromatic carbocycles. The number of aromatic nitrogens is 1. The van der Waals surface area contributed by atoms with E-state index >= 15 is 0 Å². The lowest BCUT2D eigenvalue weighted by Gasteiger charge is -2.10. The topological polar surface area (TPSA) is 73.2 Å². The van der Waals surface area contributed by atoms with Gasteiger partial charge in [0.05, 0.1) is 15.3 Å². The lowest BCUT2D eigenvalue weighted by molar-refractivity contribution is 0.588. The fourth-order valence-corrected chi connectivity index (χ4v) is 5.17. The fraction of sp³-hybridized carbons (Fsp3) is 0.0667. The number of rotatable bonds is 3. The van der Waals surface area contributed by atoms with Gasteiger partial charge in [-0.25, -0.2) is 20.8 Å². The maximum Gasteiger partial charge on any atom is 0.268 e. The lowest BCUT2D eigenvalue weighted by Crippen LogP contribution is -2.14. The van der Waals surface area contributed by atoms with Crippen LogP contribution in [0.25, 0.3) is 10.9 Å². The zero-order valence-corrected chi connectivity index (χ0v) is 14.4. The summed E-state index contributed by atoms with van der Waals surface area (Å²) >= 11 is 0. The summed E-state index contributed by atoms with van der Waals surface area (Å²) in [6.07, 6.45) is 0. The normalized spacial score (nSPS) is 12.6. The van der Waals surface area contributed by atoms with Crippen molar-refractivity contribution in [3.8, 4) is 0 Å². The van der Waals surface area contributed by atoms with Gasteiger partial charge in [0.15, 0.2) is 0 Å². The number of aryl methyl sites for hydroxylation is 1. The molecule has 0 aliphatic carbocycles. The van der Waals surface area contributed by atoms with Gasteiger partial charge in [0.1, 0.15) is 0 Å². The van der Waals surface area contributed by atoms with Gasteiger partial charge in [0, 0.05) is 21.8 Å². The van der Waals surface area contributed by atoms with Gasteiger partial charge in [-0.1, -0.05) is 24.3 Å². The van der Waals surface area contributed by atoms with Gasteiger partial charge >= 0.3 is 0 Å². The molecule has 0 N–H and O–H groups in total. The molecule has 5 nitrogen and oxygen atoms in total. The van der Waals surface area contributed by atoms with Gasteiger partial charge in [-0.15, -0.1) is 0 Å². The molecule has 120 valence electrons. The number of hydrogen-bond acceptors (Lipinski definition) is 4. The van der Waals surface area contributed by atoms with Crippen LogP contribution in [0.4, 0.5) is 0 Å². The Hall–Kier alpha value is -1.83. The molecule has 0 spiro atoms. The van der Waals surface area contributed by atoms with Gasteiger partial charge < -0.3 is 0 Å². The molecule has 0 saturated heterocycles. The Morgan fingerprint density at radius 2 is 1.57 bits per heavy atom. The largest absolute Gasteiger partial charge is 0.268 e. The van der Waals surface area contributed by atoms with E-state index in [1.807, 2.05) is 0 Å². The fourth-order valence-electron chi connectivity index (χ4n) is 2.54. The molecule has 0 amide bonds. The highest BCUT2D eigenvalue weighted by molar-refractivity contribution is 8.14. The van der Waals surface area contributed by atoms with Crippen molar-refractivity contribution < 1.29 is 16.8 Å². The summed E-state index contributed by atoms with van der Waals surface area (Å²) in [4.78, 5) is 0.0153. The molecule has 0 saturated carbocycles. The SMILES string of the molecule is Cc1cc2c(S(=O)(=O)Cl)cccc2n1S(=O)(=O)c1ccccc1. The quantitative estimate of drug-likeness (QED) is 0.665. The second-order valence-electron chi connectivity index (χ2n) is 5.00. The van der Waals surface area contributed by atoms with Crippen LogP contribution in [0.2, 0.25) is 0 Å². The highest BCUT2D eigenvalue weighted by atomic mass is 35.7. The van der Waals surface area contributed by atoms with E-state index in [4.69, 9.17) is 10.7 Å². The third-order valence-corrected chi connectivity index (χ3v) is 6.69. The average Bonchev–Trinajstić information content (AvgIpc) is 2.83. The molecule has 0 aliphatic rings. The van der Waals surface area contributed by atoms with E-state index in [9.17, 15) is 16.8 Å². The molecule has 1 heterocycles. The Morgan fingerprint density at radius 1 is 0.913 bits per heavy atom. The number of fused-ring (bicyclic) bond motifs is 1. The van der Waals surface area contributed by atoms with Crippen molar-refractivity contribution in [1.29, 1.82) is 0 Å². The minimum Gasteiger partial charge on any atom is -0.238 e. The van der Waals surface area contributed by atoms with Gasteiger partial charge in [-0.2, -0.15) is 0 Å². The van der Waals surface area contributed by atoms with Crippen LogP contribution in [0.5, 0.6) is 0 Å². The monoisotopic (exact) mass is 369 g/mol. The first-order valence-corrected chi connectivity index (χ1v) is 10.3. The van der Waals surface area contributed by atoms with Gasteiger partial charge in [-0.3, -0.25) is 0 Å². The molecule has 3 aromatic rings. The van der Waals surface area contributed by atoms with Crippen LogP contribution >= 0.6 is 10.7 Å².